The molecule has 2 unspecified atom stereocenters. The monoisotopic (exact) mass is 318 g/mol. The number of aromatic amines is 1. The number of aromatic nitrogens is 1. The summed E-state index contributed by atoms with van der Waals surface area (Å²) in [7, 11) is 2.30. The summed E-state index contributed by atoms with van der Waals surface area (Å²) in [6.45, 7) is 1.22. The standard InChI is InChI=1S/C16H19BrN2/c1-19-9-10(7-17)5-13-12-3-2-4-14-16(12)11(8-18-14)6-15(13)19/h2-4,8,10,13,15,18H,5-7,9H2,1H3/t10?,13?,15-/m1/s1. The van der Waals surface area contributed by atoms with Crippen LogP contribution in [-0.4, -0.2) is 34.8 Å². The van der Waals surface area contributed by atoms with Gasteiger partial charge in [0.15, 0.2) is 0 Å². The molecule has 1 saturated heterocycles. The van der Waals surface area contributed by atoms with Crippen LogP contribution >= 0.6 is 15.9 Å². The van der Waals surface area contributed by atoms with Gasteiger partial charge in [0.05, 0.1) is 0 Å². The quantitative estimate of drug-likeness (QED) is 0.797. The first-order valence-electron chi connectivity index (χ1n) is 7.13. The van der Waals surface area contributed by atoms with E-state index in [0.29, 0.717) is 12.0 Å². The zero-order valence-corrected chi connectivity index (χ0v) is 12.8. The van der Waals surface area contributed by atoms with E-state index in [1.54, 1.807) is 5.56 Å². The van der Waals surface area contributed by atoms with Crippen LogP contribution < -0.4 is 0 Å². The Morgan fingerprint density at radius 3 is 3.16 bits per heavy atom. The third kappa shape index (κ3) is 1.71. The molecule has 0 saturated carbocycles. The van der Waals surface area contributed by atoms with Gasteiger partial charge in [0.1, 0.15) is 0 Å². The molecule has 0 radical (unpaired) electrons. The van der Waals surface area contributed by atoms with Crippen molar-refractivity contribution in [3.8, 4) is 0 Å². The maximum absolute atomic E-state index is 3.68. The smallest absolute Gasteiger partial charge is 0.0459 e. The number of likely N-dealkylation sites (N-methyl/N-ethyl adjacent to an activating group) is 1. The third-order valence-corrected chi connectivity index (χ3v) is 5.95. The van der Waals surface area contributed by atoms with Gasteiger partial charge in [-0.05, 0) is 43.0 Å². The first kappa shape index (κ1) is 12.0. The van der Waals surface area contributed by atoms with Crippen molar-refractivity contribution in [2.24, 2.45) is 5.92 Å². The molecule has 2 aromatic rings. The Morgan fingerprint density at radius 1 is 1.42 bits per heavy atom. The lowest BCUT2D eigenvalue weighted by Crippen LogP contribution is -2.48. The number of likely N-dealkylation sites (tertiary alicyclic amines) is 1. The van der Waals surface area contributed by atoms with E-state index in [1.807, 2.05) is 0 Å². The number of nitrogens with one attached hydrogen (secondary N) is 1. The van der Waals surface area contributed by atoms with Gasteiger partial charge in [-0.1, -0.05) is 28.1 Å². The van der Waals surface area contributed by atoms with Gasteiger partial charge in [-0.2, -0.15) is 0 Å². The van der Waals surface area contributed by atoms with Crippen LogP contribution in [0.4, 0.5) is 0 Å². The molecule has 0 spiro atoms. The zero-order chi connectivity index (χ0) is 13.0. The van der Waals surface area contributed by atoms with E-state index in [9.17, 15) is 0 Å². The van der Waals surface area contributed by atoms with Gasteiger partial charge < -0.3 is 9.88 Å². The molecule has 0 bridgehead atoms. The SMILES string of the molecule is CN1CC(CBr)CC2c3cccc4[nH]cc(c34)C[C@H]21. The highest BCUT2D eigenvalue weighted by Gasteiger charge is 2.38. The van der Waals surface area contributed by atoms with E-state index in [4.69, 9.17) is 0 Å². The lowest BCUT2D eigenvalue weighted by molar-refractivity contribution is 0.121. The number of nitrogens with zero attached hydrogens (tertiary/aromatic N) is 1. The van der Waals surface area contributed by atoms with E-state index in [2.05, 4.69) is 57.3 Å². The number of benzene rings is 1. The molecule has 2 aliphatic rings. The summed E-state index contributed by atoms with van der Waals surface area (Å²) in [5.74, 6) is 1.48. The van der Waals surface area contributed by atoms with Crippen molar-refractivity contribution in [3.63, 3.8) is 0 Å². The number of rotatable bonds is 1. The Balaban J connectivity index is 1.86. The number of halogens is 1. The molecular formula is C16H19BrN2. The molecule has 2 heterocycles. The molecule has 1 aromatic heterocycles. The predicted octanol–water partition coefficient (Wildman–Crippen LogP) is 3.52. The number of H-pyrrole nitrogens is 1. The maximum atomic E-state index is 3.68. The lowest BCUT2D eigenvalue weighted by Gasteiger charge is -2.45. The van der Waals surface area contributed by atoms with Crippen molar-refractivity contribution >= 4 is 26.8 Å². The first-order chi connectivity index (χ1) is 9.28. The highest BCUT2D eigenvalue weighted by molar-refractivity contribution is 9.09. The molecule has 3 atom stereocenters. The van der Waals surface area contributed by atoms with Crippen molar-refractivity contribution in [1.82, 2.24) is 9.88 Å². The van der Waals surface area contributed by atoms with E-state index < -0.39 is 0 Å². The molecule has 4 rings (SSSR count). The Kier molecular flexibility index (Phi) is 2.75. The molecule has 3 heteroatoms. The maximum Gasteiger partial charge on any atom is 0.0459 e. The van der Waals surface area contributed by atoms with Gasteiger partial charge >= 0.3 is 0 Å². The van der Waals surface area contributed by atoms with Crippen molar-refractivity contribution in [3.05, 3.63) is 35.5 Å². The molecular weight excluding hydrogens is 300 g/mol. The normalized spacial score (nSPS) is 30.5. The molecule has 1 fully saturated rings. The number of alkyl halides is 1. The molecule has 1 N–H and O–H groups in total. The minimum atomic E-state index is 0.684. The average molecular weight is 319 g/mol. The summed E-state index contributed by atoms with van der Waals surface area (Å²) < 4.78 is 0. The summed E-state index contributed by atoms with van der Waals surface area (Å²) in [5, 5.41) is 2.63. The second-order valence-electron chi connectivity index (χ2n) is 6.16. The van der Waals surface area contributed by atoms with E-state index in [1.165, 1.54) is 35.9 Å². The van der Waals surface area contributed by atoms with Gasteiger partial charge in [-0.3, -0.25) is 0 Å². The van der Waals surface area contributed by atoms with Crippen molar-refractivity contribution in [2.45, 2.75) is 24.8 Å². The summed E-state index contributed by atoms with van der Waals surface area (Å²) in [6, 6.07) is 7.44. The number of hydrogen-bond acceptors (Lipinski definition) is 1. The molecule has 0 amide bonds. The van der Waals surface area contributed by atoms with Crippen molar-refractivity contribution < 1.29 is 0 Å². The molecule has 1 aliphatic carbocycles. The van der Waals surface area contributed by atoms with Gasteiger partial charge in [0.25, 0.3) is 0 Å². The van der Waals surface area contributed by atoms with Crippen LogP contribution in [0.2, 0.25) is 0 Å². The van der Waals surface area contributed by atoms with Gasteiger partial charge in [-0.15, -0.1) is 0 Å². The Hall–Kier alpha value is -0.800. The van der Waals surface area contributed by atoms with Gasteiger partial charge in [0.2, 0.25) is 0 Å². The Morgan fingerprint density at radius 2 is 2.32 bits per heavy atom. The molecule has 100 valence electrons. The topological polar surface area (TPSA) is 19.0 Å². The molecule has 1 aliphatic heterocycles. The molecule has 19 heavy (non-hydrogen) atoms. The third-order valence-electron chi connectivity index (χ3n) is 5.03. The second kappa shape index (κ2) is 4.35. The molecule has 2 nitrogen and oxygen atoms in total. The van der Waals surface area contributed by atoms with Crippen molar-refractivity contribution in [1.29, 1.82) is 0 Å². The van der Waals surface area contributed by atoms with Crippen molar-refractivity contribution in [2.75, 3.05) is 18.9 Å². The fourth-order valence-corrected chi connectivity index (χ4v) is 4.63. The fraction of sp³-hybridized carbons (Fsp3) is 0.500. The average Bonchev–Trinajstić information content (AvgIpc) is 2.85. The van der Waals surface area contributed by atoms with Crippen LogP contribution in [0.5, 0.6) is 0 Å². The Bertz CT molecular complexity index is 618. The minimum absolute atomic E-state index is 0.684. The zero-order valence-electron chi connectivity index (χ0n) is 11.2. The summed E-state index contributed by atoms with van der Waals surface area (Å²) in [4.78, 5) is 6.02. The van der Waals surface area contributed by atoms with Crippen LogP contribution in [0, 0.1) is 5.92 Å². The van der Waals surface area contributed by atoms with Crippen LogP contribution in [0.15, 0.2) is 24.4 Å². The van der Waals surface area contributed by atoms with E-state index >= 15 is 0 Å². The first-order valence-corrected chi connectivity index (χ1v) is 8.25. The van der Waals surface area contributed by atoms with Crippen LogP contribution in [-0.2, 0) is 6.42 Å². The van der Waals surface area contributed by atoms with E-state index in [-0.39, 0.29) is 0 Å². The fourth-order valence-electron chi connectivity index (χ4n) is 4.17. The minimum Gasteiger partial charge on any atom is -0.361 e. The highest BCUT2D eigenvalue weighted by atomic mass is 79.9. The Labute approximate surface area is 122 Å². The van der Waals surface area contributed by atoms with Crippen LogP contribution in [0.25, 0.3) is 10.9 Å². The lowest BCUT2D eigenvalue weighted by atomic mass is 9.73. The number of hydrogen-bond donors (Lipinski definition) is 1. The van der Waals surface area contributed by atoms with E-state index in [0.717, 1.165) is 11.2 Å². The summed E-state index contributed by atoms with van der Waals surface area (Å²) in [5.41, 5.74) is 4.40. The van der Waals surface area contributed by atoms with Crippen LogP contribution in [0.3, 0.4) is 0 Å². The second-order valence-corrected chi connectivity index (χ2v) is 6.80. The predicted molar refractivity (Wildman–Crippen MR) is 83.1 cm³/mol. The number of piperidine rings is 1. The highest BCUT2D eigenvalue weighted by Crippen LogP contribution is 2.44. The van der Waals surface area contributed by atoms with Crippen LogP contribution in [0.1, 0.15) is 23.5 Å². The van der Waals surface area contributed by atoms with Gasteiger partial charge in [-0.25, -0.2) is 0 Å². The number of fused-ring (bicyclic) bond motifs is 2. The molecule has 1 aromatic carbocycles. The summed E-state index contributed by atoms with van der Waals surface area (Å²) in [6.07, 6.45) is 4.74. The summed E-state index contributed by atoms with van der Waals surface area (Å²) >= 11 is 3.68. The van der Waals surface area contributed by atoms with Gasteiger partial charge in [0, 0.05) is 40.9 Å². The largest absolute Gasteiger partial charge is 0.361 e.